The van der Waals surface area contributed by atoms with Crippen molar-refractivity contribution in [2.24, 2.45) is 0 Å². The zero-order chi connectivity index (χ0) is 22.6. The SMILES string of the molecule is O=C1C(=Cc2ccncc2)Oc2cc(OC(=O)N(c3ccccc3)c3ccccc3)ccc21. The van der Waals surface area contributed by atoms with E-state index in [0.29, 0.717) is 22.7 Å². The van der Waals surface area contributed by atoms with Gasteiger partial charge in [-0.15, -0.1) is 0 Å². The summed E-state index contributed by atoms with van der Waals surface area (Å²) in [4.78, 5) is 31.3. The lowest BCUT2D eigenvalue weighted by Crippen LogP contribution is -2.29. The van der Waals surface area contributed by atoms with Gasteiger partial charge in [0.2, 0.25) is 5.78 Å². The van der Waals surface area contributed by atoms with Gasteiger partial charge in [0.1, 0.15) is 11.5 Å². The number of amides is 1. The van der Waals surface area contributed by atoms with E-state index in [1.54, 1.807) is 48.8 Å². The number of rotatable bonds is 4. The fraction of sp³-hybridized carbons (Fsp3) is 0. The van der Waals surface area contributed by atoms with E-state index in [0.717, 1.165) is 5.56 Å². The van der Waals surface area contributed by atoms with Gasteiger partial charge in [0.25, 0.3) is 0 Å². The molecule has 3 aromatic carbocycles. The maximum atomic E-state index is 13.2. The Balaban J connectivity index is 1.40. The maximum absolute atomic E-state index is 13.2. The van der Waals surface area contributed by atoms with Crippen LogP contribution < -0.4 is 14.4 Å². The number of hydrogen-bond acceptors (Lipinski definition) is 5. The number of allylic oxidation sites excluding steroid dienone is 1. The Labute approximate surface area is 190 Å². The van der Waals surface area contributed by atoms with Crippen LogP contribution in [0, 0.1) is 0 Å². The lowest BCUT2D eigenvalue weighted by atomic mass is 10.1. The highest BCUT2D eigenvalue weighted by atomic mass is 16.6. The minimum atomic E-state index is -0.579. The van der Waals surface area contributed by atoms with E-state index in [2.05, 4.69) is 4.98 Å². The van der Waals surface area contributed by atoms with Crippen LogP contribution in [-0.2, 0) is 0 Å². The molecule has 1 amide bonds. The lowest BCUT2D eigenvalue weighted by Gasteiger charge is -2.22. The van der Waals surface area contributed by atoms with Gasteiger partial charge in [0.15, 0.2) is 5.76 Å². The number of ketones is 1. The third-order valence-electron chi connectivity index (χ3n) is 5.06. The highest BCUT2D eigenvalue weighted by Gasteiger charge is 2.28. The molecule has 0 unspecified atom stereocenters. The molecule has 0 atom stereocenters. The molecule has 0 spiro atoms. The van der Waals surface area contributed by atoms with Gasteiger partial charge in [-0.05, 0) is 60.2 Å². The number of nitrogens with zero attached hydrogens (tertiary/aromatic N) is 2. The molecular formula is C27H18N2O4. The Morgan fingerprint density at radius 1 is 0.848 bits per heavy atom. The average molecular weight is 434 g/mol. The maximum Gasteiger partial charge on any atom is 0.424 e. The Bertz CT molecular complexity index is 1300. The lowest BCUT2D eigenvalue weighted by molar-refractivity contribution is 0.101. The summed E-state index contributed by atoms with van der Waals surface area (Å²) in [5, 5.41) is 0. The number of pyridine rings is 1. The van der Waals surface area contributed by atoms with Crippen LogP contribution in [0.1, 0.15) is 15.9 Å². The van der Waals surface area contributed by atoms with Gasteiger partial charge in [-0.1, -0.05) is 36.4 Å². The summed E-state index contributed by atoms with van der Waals surface area (Å²) in [7, 11) is 0. The number of Topliss-reactive ketones (excluding diaryl/α,β-unsaturated/α-hetero) is 1. The molecule has 0 saturated heterocycles. The monoisotopic (exact) mass is 434 g/mol. The molecule has 160 valence electrons. The summed E-state index contributed by atoms with van der Waals surface area (Å²) in [5.74, 6) is 0.593. The zero-order valence-corrected chi connectivity index (χ0v) is 17.4. The molecule has 0 aliphatic carbocycles. The molecular weight excluding hydrogens is 416 g/mol. The Morgan fingerprint density at radius 2 is 1.48 bits per heavy atom. The summed E-state index contributed by atoms with van der Waals surface area (Å²) in [6.45, 7) is 0. The van der Waals surface area contributed by atoms with E-state index in [1.165, 1.54) is 4.90 Å². The highest BCUT2D eigenvalue weighted by molar-refractivity contribution is 6.14. The van der Waals surface area contributed by atoms with E-state index in [-0.39, 0.29) is 17.3 Å². The normalized spacial score (nSPS) is 13.3. The minimum Gasteiger partial charge on any atom is -0.452 e. The molecule has 1 aliphatic rings. The van der Waals surface area contributed by atoms with Gasteiger partial charge in [-0.2, -0.15) is 0 Å². The van der Waals surface area contributed by atoms with Gasteiger partial charge in [-0.25, -0.2) is 9.69 Å². The summed E-state index contributed by atoms with van der Waals surface area (Å²) in [5.41, 5.74) is 2.56. The van der Waals surface area contributed by atoms with Crippen molar-refractivity contribution in [3.63, 3.8) is 0 Å². The molecule has 0 saturated carbocycles. The Morgan fingerprint density at radius 3 is 2.12 bits per heavy atom. The van der Waals surface area contributed by atoms with Crippen molar-refractivity contribution in [3.05, 3.63) is 120 Å². The topological polar surface area (TPSA) is 68.7 Å². The third kappa shape index (κ3) is 4.22. The number of benzene rings is 3. The highest BCUT2D eigenvalue weighted by Crippen LogP contribution is 2.35. The standard InChI is InChI=1S/C27H18N2O4/c30-26-23-12-11-22(18-24(23)33-25(26)17-19-13-15-28-16-14-19)32-27(31)29(20-7-3-1-4-8-20)21-9-5-2-6-10-21/h1-18H. The Kier molecular flexibility index (Phi) is 5.39. The number of carbonyl (C=O) groups is 2. The molecule has 0 bridgehead atoms. The van der Waals surface area contributed by atoms with Crippen LogP contribution in [0.2, 0.25) is 0 Å². The number of fused-ring (bicyclic) bond motifs is 1. The molecule has 1 aliphatic heterocycles. The van der Waals surface area contributed by atoms with Gasteiger partial charge in [-0.3, -0.25) is 9.78 Å². The van der Waals surface area contributed by atoms with Crippen LogP contribution >= 0.6 is 0 Å². The van der Waals surface area contributed by atoms with Crippen molar-refractivity contribution in [3.8, 4) is 11.5 Å². The molecule has 6 heteroatoms. The molecule has 5 rings (SSSR count). The number of carbonyl (C=O) groups excluding carboxylic acids is 2. The van der Waals surface area contributed by atoms with Crippen LogP contribution in [0.3, 0.4) is 0 Å². The summed E-state index contributed by atoms with van der Waals surface area (Å²) in [6.07, 6.45) is 4.36. The fourth-order valence-corrected chi connectivity index (χ4v) is 3.50. The van der Waals surface area contributed by atoms with Crippen molar-refractivity contribution in [1.29, 1.82) is 0 Å². The van der Waals surface area contributed by atoms with Crippen molar-refractivity contribution in [2.45, 2.75) is 0 Å². The predicted molar refractivity (Wildman–Crippen MR) is 125 cm³/mol. The van der Waals surface area contributed by atoms with Crippen LogP contribution in [0.4, 0.5) is 16.2 Å². The largest absolute Gasteiger partial charge is 0.452 e. The van der Waals surface area contributed by atoms with Crippen molar-refractivity contribution >= 4 is 29.3 Å². The fourth-order valence-electron chi connectivity index (χ4n) is 3.50. The summed E-state index contributed by atoms with van der Waals surface area (Å²) in [6, 6.07) is 26.8. The first-order valence-electron chi connectivity index (χ1n) is 10.3. The molecule has 1 aromatic heterocycles. The van der Waals surface area contributed by atoms with Crippen LogP contribution in [0.15, 0.2) is 109 Å². The number of aromatic nitrogens is 1. The molecule has 33 heavy (non-hydrogen) atoms. The van der Waals surface area contributed by atoms with Gasteiger partial charge < -0.3 is 9.47 Å². The molecule has 0 N–H and O–H groups in total. The van der Waals surface area contributed by atoms with Gasteiger partial charge in [0, 0.05) is 18.5 Å². The third-order valence-corrected chi connectivity index (χ3v) is 5.06. The number of para-hydroxylation sites is 2. The zero-order valence-electron chi connectivity index (χ0n) is 17.4. The van der Waals surface area contributed by atoms with Crippen molar-refractivity contribution < 1.29 is 19.1 Å². The number of anilines is 2. The second kappa shape index (κ2) is 8.80. The first-order chi connectivity index (χ1) is 16.2. The first kappa shape index (κ1) is 20.2. The smallest absolute Gasteiger partial charge is 0.424 e. The molecule has 0 fully saturated rings. The van der Waals surface area contributed by atoms with E-state index >= 15 is 0 Å². The van der Waals surface area contributed by atoms with E-state index in [4.69, 9.17) is 9.47 Å². The second-order valence-corrected chi connectivity index (χ2v) is 7.25. The van der Waals surface area contributed by atoms with Gasteiger partial charge in [0.05, 0.1) is 16.9 Å². The minimum absolute atomic E-state index is 0.204. The summed E-state index contributed by atoms with van der Waals surface area (Å²) < 4.78 is 11.4. The van der Waals surface area contributed by atoms with Gasteiger partial charge >= 0.3 is 6.09 Å². The van der Waals surface area contributed by atoms with Crippen LogP contribution in [0.5, 0.6) is 11.5 Å². The molecule has 4 aromatic rings. The van der Waals surface area contributed by atoms with Crippen LogP contribution in [-0.4, -0.2) is 16.9 Å². The predicted octanol–water partition coefficient (Wildman–Crippen LogP) is 6.03. The van der Waals surface area contributed by atoms with E-state index in [9.17, 15) is 9.59 Å². The quantitative estimate of drug-likeness (QED) is 0.367. The van der Waals surface area contributed by atoms with Crippen molar-refractivity contribution in [1.82, 2.24) is 4.98 Å². The average Bonchev–Trinajstić information content (AvgIpc) is 3.15. The van der Waals surface area contributed by atoms with E-state index < -0.39 is 6.09 Å². The number of hydrogen-bond donors (Lipinski definition) is 0. The first-order valence-corrected chi connectivity index (χ1v) is 10.3. The Hall–Kier alpha value is -4.71. The molecule has 2 heterocycles. The second-order valence-electron chi connectivity index (χ2n) is 7.25. The summed E-state index contributed by atoms with van der Waals surface area (Å²) >= 11 is 0. The number of ether oxygens (including phenoxy) is 2. The molecule has 6 nitrogen and oxygen atoms in total. The van der Waals surface area contributed by atoms with Crippen molar-refractivity contribution in [2.75, 3.05) is 4.90 Å². The molecule has 0 radical (unpaired) electrons. The van der Waals surface area contributed by atoms with E-state index in [1.807, 2.05) is 60.7 Å². The van der Waals surface area contributed by atoms with Crippen LogP contribution in [0.25, 0.3) is 6.08 Å².